The van der Waals surface area contributed by atoms with E-state index in [1.807, 2.05) is 6.92 Å². The zero-order valence-corrected chi connectivity index (χ0v) is 12.3. The summed E-state index contributed by atoms with van der Waals surface area (Å²) in [6.07, 6.45) is 1.64. The highest BCUT2D eigenvalue weighted by Crippen LogP contribution is 2.22. The molecule has 0 aliphatic carbocycles. The third kappa shape index (κ3) is 2.86. The van der Waals surface area contributed by atoms with E-state index in [0.717, 1.165) is 11.3 Å². The molecular formula is C11H15N3O3S2. The molecule has 0 saturated heterocycles. The van der Waals surface area contributed by atoms with Crippen molar-refractivity contribution in [3.05, 3.63) is 33.8 Å². The van der Waals surface area contributed by atoms with Gasteiger partial charge in [-0.1, -0.05) is 0 Å². The van der Waals surface area contributed by atoms with Crippen molar-refractivity contribution >= 4 is 21.4 Å². The van der Waals surface area contributed by atoms with Crippen molar-refractivity contribution in [2.75, 3.05) is 0 Å². The van der Waals surface area contributed by atoms with Crippen molar-refractivity contribution in [1.29, 1.82) is 0 Å². The highest BCUT2D eigenvalue weighted by molar-refractivity contribution is 7.89. The Bertz CT molecular complexity index is 673. The van der Waals surface area contributed by atoms with E-state index in [9.17, 15) is 8.42 Å². The van der Waals surface area contributed by atoms with E-state index in [4.69, 9.17) is 5.11 Å². The molecular weight excluding hydrogens is 286 g/mol. The number of sulfonamides is 1. The first-order valence-electron chi connectivity index (χ1n) is 5.60. The number of hydrogen-bond acceptors (Lipinski definition) is 5. The molecule has 104 valence electrons. The molecule has 0 unspecified atom stereocenters. The van der Waals surface area contributed by atoms with Crippen LogP contribution in [-0.4, -0.2) is 23.3 Å². The van der Waals surface area contributed by atoms with E-state index in [-0.39, 0.29) is 18.0 Å². The van der Waals surface area contributed by atoms with Crippen LogP contribution in [0.1, 0.15) is 16.1 Å². The topological polar surface area (TPSA) is 84.2 Å². The first-order chi connectivity index (χ1) is 8.95. The molecule has 0 spiro atoms. The van der Waals surface area contributed by atoms with Gasteiger partial charge in [0.15, 0.2) is 0 Å². The fourth-order valence-electron chi connectivity index (χ4n) is 1.65. The summed E-state index contributed by atoms with van der Waals surface area (Å²) in [4.78, 5) is 0.581. The molecule has 2 heterocycles. The number of nitrogens with one attached hydrogen (secondary N) is 1. The summed E-state index contributed by atoms with van der Waals surface area (Å²) in [7, 11) is -1.80. The van der Waals surface area contributed by atoms with Crippen LogP contribution < -0.4 is 4.72 Å². The molecule has 2 aromatic heterocycles. The van der Waals surface area contributed by atoms with Crippen LogP contribution in [0, 0.1) is 6.92 Å². The third-order valence-corrected chi connectivity index (χ3v) is 5.45. The zero-order valence-electron chi connectivity index (χ0n) is 10.6. The second-order valence-corrected chi connectivity index (χ2v) is 6.81. The molecule has 2 rings (SSSR count). The van der Waals surface area contributed by atoms with Gasteiger partial charge in [0, 0.05) is 29.7 Å². The third-order valence-electron chi connectivity index (χ3n) is 2.93. The highest BCUT2D eigenvalue weighted by atomic mass is 32.2. The summed E-state index contributed by atoms with van der Waals surface area (Å²) in [5.74, 6) is 0. The van der Waals surface area contributed by atoms with Gasteiger partial charge in [-0.15, -0.1) is 11.3 Å². The minimum absolute atomic E-state index is 0.140. The zero-order chi connectivity index (χ0) is 14.0. The number of hydrogen-bond donors (Lipinski definition) is 2. The fraction of sp³-hybridized carbons (Fsp3) is 0.364. The second kappa shape index (κ2) is 5.41. The monoisotopic (exact) mass is 301 g/mol. The van der Waals surface area contributed by atoms with Gasteiger partial charge in [0.1, 0.15) is 0 Å². The van der Waals surface area contributed by atoms with E-state index in [2.05, 4.69) is 9.82 Å². The summed E-state index contributed by atoms with van der Waals surface area (Å²) in [6.45, 7) is 1.78. The quantitative estimate of drug-likeness (QED) is 0.854. The van der Waals surface area contributed by atoms with Gasteiger partial charge in [0.05, 0.1) is 17.7 Å². The lowest BCUT2D eigenvalue weighted by atomic mass is 10.3. The van der Waals surface area contributed by atoms with Gasteiger partial charge in [-0.3, -0.25) is 4.68 Å². The summed E-state index contributed by atoms with van der Waals surface area (Å²) in [6, 6.07) is 1.49. The Morgan fingerprint density at radius 3 is 2.84 bits per heavy atom. The maximum atomic E-state index is 12.1. The summed E-state index contributed by atoms with van der Waals surface area (Å²) in [5.41, 5.74) is 1.74. The van der Waals surface area contributed by atoms with Crippen molar-refractivity contribution in [3.63, 3.8) is 0 Å². The molecule has 0 saturated carbocycles. The maximum Gasteiger partial charge on any atom is 0.242 e. The lowest BCUT2D eigenvalue weighted by molar-refractivity contribution is 0.282. The number of aliphatic hydroxyl groups is 1. The Balaban J connectivity index is 2.17. The van der Waals surface area contributed by atoms with Gasteiger partial charge in [-0.25, -0.2) is 13.1 Å². The summed E-state index contributed by atoms with van der Waals surface area (Å²) >= 11 is 1.22. The van der Waals surface area contributed by atoms with Crippen LogP contribution in [0.25, 0.3) is 0 Å². The highest BCUT2D eigenvalue weighted by Gasteiger charge is 2.19. The SMILES string of the molecule is Cc1c(CNS(=O)(=O)c2ccsc2CO)cnn1C. The van der Waals surface area contributed by atoms with E-state index in [1.165, 1.54) is 17.4 Å². The molecule has 0 aliphatic heterocycles. The lowest BCUT2D eigenvalue weighted by Gasteiger charge is -2.06. The van der Waals surface area contributed by atoms with E-state index < -0.39 is 10.0 Å². The van der Waals surface area contributed by atoms with Crippen molar-refractivity contribution in [2.24, 2.45) is 7.05 Å². The molecule has 0 aliphatic rings. The van der Waals surface area contributed by atoms with Crippen LogP contribution in [0.3, 0.4) is 0 Å². The van der Waals surface area contributed by atoms with Crippen molar-refractivity contribution < 1.29 is 13.5 Å². The second-order valence-electron chi connectivity index (χ2n) is 4.07. The normalized spacial score (nSPS) is 11.9. The number of thiophene rings is 1. The van der Waals surface area contributed by atoms with Crippen molar-refractivity contribution in [1.82, 2.24) is 14.5 Å². The molecule has 2 N–H and O–H groups in total. The van der Waals surface area contributed by atoms with Crippen LogP contribution in [-0.2, 0) is 30.2 Å². The molecule has 0 radical (unpaired) electrons. The predicted octanol–water partition coefficient (Wildman–Crippen LogP) is 0.761. The fourth-order valence-corrected chi connectivity index (χ4v) is 3.95. The van der Waals surface area contributed by atoms with Gasteiger partial charge >= 0.3 is 0 Å². The average Bonchev–Trinajstić information content (AvgIpc) is 2.97. The van der Waals surface area contributed by atoms with Gasteiger partial charge in [0.25, 0.3) is 0 Å². The van der Waals surface area contributed by atoms with Gasteiger partial charge in [-0.05, 0) is 18.4 Å². The lowest BCUT2D eigenvalue weighted by Crippen LogP contribution is -2.24. The Morgan fingerprint density at radius 1 is 1.53 bits per heavy atom. The Hall–Kier alpha value is -1.22. The van der Waals surface area contributed by atoms with Crippen molar-refractivity contribution in [2.45, 2.75) is 25.0 Å². The van der Waals surface area contributed by atoms with Crippen LogP contribution in [0.2, 0.25) is 0 Å². The van der Waals surface area contributed by atoms with Gasteiger partial charge < -0.3 is 5.11 Å². The van der Waals surface area contributed by atoms with Crippen LogP contribution >= 0.6 is 11.3 Å². The molecule has 19 heavy (non-hydrogen) atoms. The number of aliphatic hydroxyl groups excluding tert-OH is 1. The standard InChI is InChI=1S/C11H15N3O3S2/c1-8-9(5-12-14(8)2)6-13-19(16,17)11-3-4-18-10(11)7-15/h3-5,13,15H,6-7H2,1-2H3. The molecule has 6 nitrogen and oxygen atoms in total. The number of rotatable bonds is 5. The van der Waals surface area contributed by atoms with Gasteiger partial charge in [0.2, 0.25) is 10.0 Å². The first kappa shape index (κ1) is 14.2. The number of aromatic nitrogens is 2. The summed E-state index contributed by atoms with van der Waals surface area (Å²) < 4.78 is 28.5. The number of aryl methyl sites for hydroxylation is 1. The molecule has 0 atom stereocenters. The van der Waals surface area contributed by atoms with Crippen LogP contribution in [0.4, 0.5) is 0 Å². The van der Waals surface area contributed by atoms with Crippen LogP contribution in [0.5, 0.6) is 0 Å². The number of nitrogens with zero attached hydrogens (tertiary/aromatic N) is 2. The predicted molar refractivity (Wildman–Crippen MR) is 72.2 cm³/mol. The molecule has 2 aromatic rings. The molecule has 0 aromatic carbocycles. The smallest absolute Gasteiger partial charge is 0.242 e. The largest absolute Gasteiger partial charge is 0.391 e. The van der Waals surface area contributed by atoms with Crippen molar-refractivity contribution in [3.8, 4) is 0 Å². The molecule has 8 heteroatoms. The van der Waals surface area contributed by atoms with E-state index in [1.54, 1.807) is 23.3 Å². The summed E-state index contributed by atoms with van der Waals surface area (Å²) in [5, 5.41) is 14.8. The Morgan fingerprint density at radius 2 is 2.26 bits per heavy atom. The first-order valence-corrected chi connectivity index (χ1v) is 7.96. The minimum Gasteiger partial charge on any atom is -0.391 e. The van der Waals surface area contributed by atoms with Gasteiger partial charge in [-0.2, -0.15) is 5.10 Å². The molecule has 0 fully saturated rings. The Kier molecular flexibility index (Phi) is 4.04. The van der Waals surface area contributed by atoms with Crippen LogP contribution in [0.15, 0.2) is 22.5 Å². The average molecular weight is 301 g/mol. The molecule has 0 bridgehead atoms. The van der Waals surface area contributed by atoms with E-state index in [0.29, 0.717) is 4.88 Å². The maximum absolute atomic E-state index is 12.1. The molecule has 0 amide bonds. The minimum atomic E-state index is -3.60. The Labute approximate surface area is 115 Å². The van der Waals surface area contributed by atoms with E-state index >= 15 is 0 Å².